The molecule has 0 atom stereocenters. The monoisotopic (exact) mass is 437 g/mol. The average Bonchev–Trinajstić information content (AvgIpc) is 3.18. The molecule has 0 saturated carbocycles. The summed E-state index contributed by atoms with van der Waals surface area (Å²) in [6.07, 6.45) is 0. The Bertz CT molecular complexity index is 1420. The van der Waals surface area contributed by atoms with Gasteiger partial charge < -0.3 is 5.32 Å². The predicted molar refractivity (Wildman–Crippen MR) is 143 cm³/mol. The van der Waals surface area contributed by atoms with Crippen molar-refractivity contribution in [2.24, 2.45) is 0 Å². The number of hydrogen-bond acceptors (Lipinski definition) is 1. The van der Waals surface area contributed by atoms with Gasteiger partial charge >= 0.3 is 0 Å². The predicted octanol–water partition coefficient (Wildman–Crippen LogP) is 8.41. The maximum Gasteiger partial charge on any atom is 0.0714 e. The zero-order valence-corrected chi connectivity index (χ0v) is 19.5. The van der Waals surface area contributed by atoms with Crippen LogP contribution >= 0.6 is 0 Å². The molecule has 0 radical (unpaired) electrons. The van der Waals surface area contributed by atoms with E-state index >= 15 is 0 Å². The lowest BCUT2D eigenvalue weighted by molar-refractivity contribution is 0.767. The Kier molecular flexibility index (Phi) is 4.85. The number of hydrogen-bond donors (Lipinski definition) is 1. The van der Waals surface area contributed by atoms with Crippen LogP contribution in [0.15, 0.2) is 121 Å². The lowest BCUT2D eigenvalue weighted by Gasteiger charge is -2.34. The largest absolute Gasteiger partial charge is 0.355 e. The van der Waals surface area contributed by atoms with E-state index in [1.54, 1.807) is 0 Å². The van der Waals surface area contributed by atoms with Gasteiger partial charge in [-0.05, 0) is 59.9 Å². The average molecular weight is 438 g/mol. The first-order valence-corrected chi connectivity index (χ1v) is 11.9. The standard InChI is InChI=1S/C33H27N/c1-23-15-19-25(20-16-23)33(26-21-17-24(2)18-22-26)29-12-7-6-11-28(29)32-30(33)13-8-14-31(32)34-27-9-4-3-5-10-27/h3-22,34H,1-2H3. The number of rotatable bonds is 4. The first kappa shape index (κ1) is 20.5. The Labute approximate surface area is 201 Å². The third-order valence-electron chi connectivity index (χ3n) is 7.09. The van der Waals surface area contributed by atoms with Crippen LogP contribution in [-0.4, -0.2) is 0 Å². The second-order valence-corrected chi connectivity index (χ2v) is 9.25. The zero-order valence-electron chi connectivity index (χ0n) is 19.5. The summed E-state index contributed by atoms with van der Waals surface area (Å²) >= 11 is 0. The Morgan fingerprint density at radius 3 is 1.71 bits per heavy atom. The normalized spacial score (nSPS) is 13.2. The first-order chi connectivity index (χ1) is 16.7. The summed E-state index contributed by atoms with van der Waals surface area (Å²) in [5.74, 6) is 0. The number of fused-ring (bicyclic) bond motifs is 3. The molecule has 0 unspecified atom stereocenters. The molecule has 1 nitrogen and oxygen atoms in total. The molecular weight excluding hydrogens is 410 g/mol. The van der Waals surface area contributed by atoms with Gasteiger partial charge in [0.15, 0.2) is 0 Å². The highest BCUT2D eigenvalue weighted by Crippen LogP contribution is 2.58. The Morgan fingerprint density at radius 1 is 0.500 bits per heavy atom. The van der Waals surface area contributed by atoms with Crippen LogP contribution in [0, 0.1) is 13.8 Å². The van der Waals surface area contributed by atoms with Crippen molar-refractivity contribution < 1.29 is 0 Å². The highest BCUT2D eigenvalue weighted by atomic mass is 14.9. The summed E-state index contributed by atoms with van der Waals surface area (Å²) in [5.41, 5.74) is 12.2. The molecule has 5 aromatic rings. The van der Waals surface area contributed by atoms with Crippen LogP contribution in [0.4, 0.5) is 11.4 Å². The molecule has 0 aromatic heterocycles. The van der Waals surface area contributed by atoms with E-state index in [4.69, 9.17) is 0 Å². The van der Waals surface area contributed by atoms with E-state index in [1.807, 2.05) is 0 Å². The fourth-order valence-electron chi connectivity index (χ4n) is 5.51. The molecule has 1 heteroatoms. The van der Waals surface area contributed by atoms with Gasteiger partial charge in [-0.3, -0.25) is 0 Å². The molecule has 0 bridgehead atoms. The summed E-state index contributed by atoms with van der Waals surface area (Å²) in [6.45, 7) is 4.31. The molecule has 1 N–H and O–H groups in total. The summed E-state index contributed by atoms with van der Waals surface area (Å²) < 4.78 is 0. The first-order valence-electron chi connectivity index (χ1n) is 11.9. The molecule has 0 amide bonds. The van der Waals surface area contributed by atoms with E-state index in [0.717, 1.165) is 11.4 Å². The van der Waals surface area contributed by atoms with Crippen molar-refractivity contribution in [2.75, 3.05) is 5.32 Å². The molecule has 164 valence electrons. The van der Waals surface area contributed by atoms with Gasteiger partial charge in [-0.2, -0.15) is 0 Å². The van der Waals surface area contributed by atoms with Crippen LogP contribution < -0.4 is 5.32 Å². The fourth-order valence-corrected chi connectivity index (χ4v) is 5.51. The van der Waals surface area contributed by atoms with Crippen molar-refractivity contribution in [3.8, 4) is 11.1 Å². The maximum absolute atomic E-state index is 3.70. The van der Waals surface area contributed by atoms with Crippen molar-refractivity contribution in [1.82, 2.24) is 0 Å². The van der Waals surface area contributed by atoms with Crippen molar-refractivity contribution in [3.05, 3.63) is 155 Å². The SMILES string of the molecule is Cc1ccc(C2(c3ccc(C)cc3)c3ccccc3-c3c(Nc4ccccc4)cccc32)cc1. The minimum atomic E-state index is -0.373. The van der Waals surface area contributed by atoms with Gasteiger partial charge in [0, 0.05) is 16.9 Å². The Morgan fingerprint density at radius 2 is 1.06 bits per heavy atom. The fraction of sp³-hybridized carbons (Fsp3) is 0.0909. The Balaban J connectivity index is 1.69. The van der Waals surface area contributed by atoms with Crippen LogP contribution in [0.2, 0.25) is 0 Å². The van der Waals surface area contributed by atoms with Gasteiger partial charge in [-0.15, -0.1) is 0 Å². The van der Waals surface area contributed by atoms with Gasteiger partial charge in [0.2, 0.25) is 0 Å². The van der Waals surface area contributed by atoms with E-state index in [2.05, 4.69) is 140 Å². The number of para-hydroxylation sites is 1. The summed E-state index contributed by atoms with van der Waals surface area (Å²) in [5, 5.41) is 3.70. The summed E-state index contributed by atoms with van der Waals surface area (Å²) in [4.78, 5) is 0. The molecule has 34 heavy (non-hydrogen) atoms. The van der Waals surface area contributed by atoms with Crippen molar-refractivity contribution in [1.29, 1.82) is 0 Å². The maximum atomic E-state index is 3.70. The van der Waals surface area contributed by atoms with Crippen molar-refractivity contribution in [2.45, 2.75) is 19.3 Å². The van der Waals surface area contributed by atoms with Gasteiger partial charge in [0.25, 0.3) is 0 Å². The van der Waals surface area contributed by atoms with E-state index in [1.165, 1.54) is 44.5 Å². The van der Waals surface area contributed by atoms with Gasteiger partial charge in [0.05, 0.1) is 5.41 Å². The topological polar surface area (TPSA) is 12.0 Å². The van der Waals surface area contributed by atoms with Crippen LogP contribution in [0.5, 0.6) is 0 Å². The van der Waals surface area contributed by atoms with E-state index in [9.17, 15) is 0 Å². The lowest BCUT2D eigenvalue weighted by Crippen LogP contribution is -2.28. The molecular formula is C33H27N. The van der Waals surface area contributed by atoms with Crippen molar-refractivity contribution in [3.63, 3.8) is 0 Å². The lowest BCUT2D eigenvalue weighted by atomic mass is 9.67. The van der Waals surface area contributed by atoms with Crippen LogP contribution in [-0.2, 0) is 5.41 Å². The van der Waals surface area contributed by atoms with Gasteiger partial charge in [0.1, 0.15) is 0 Å². The van der Waals surface area contributed by atoms with E-state index in [-0.39, 0.29) is 5.41 Å². The molecule has 6 rings (SSSR count). The highest BCUT2D eigenvalue weighted by Gasteiger charge is 2.46. The highest BCUT2D eigenvalue weighted by molar-refractivity contribution is 5.94. The molecule has 1 aliphatic carbocycles. The molecule has 0 heterocycles. The smallest absolute Gasteiger partial charge is 0.0714 e. The van der Waals surface area contributed by atoms with E-state index < -0.39 is 0 Å². The molecule has 1 aliphatic rings. The minimum absolute atomic E-state index is 0.373. The van der Waals surface area contributed by atoms with Crippen LogP contribution in [0.1, 0.15) is 33.4 Å². The second-order valence-electron chi connectivity index (χ2n) is 9.25. The van der Waals surface area contributed by atoms with Crippen LogP contribution in [0.25, 0.3) is 11.1 Å². The molecule has 0 fully saturated rings. The number of nitrogens with one attached hydrogen (secondary N) is 1. The third-order valence-corrected chi connectivity index (χ3v) is 7.09. The Hall–Kier alpha value is -4.10. The summed E-state index contributed by atoms with van der Waals surface area (Å²) in [7, 11) is 0. The van der Waals surface area contributed by atoms with Crippen LogP contribution in [0.3, 0.4) is 0 Å². The molecule has 0 saturated heterocycles. The summed E-state index contributed by atoms with van der Waals surface area (Å²) in [6, 6.07) is 44.2. The molecule has 0 spiro atoms. The second kappa shape index (κ2) is 8.04. The molecule has 5 aromatic carbocycles. The number of benzene rings is 5. The minimum Gasteiger partial charge on any atom is -0.355 e. The quantitative estimate of drug-likeness (QED) is 0.292. The third kappa shape index (κ3) is 3.08. The molecule has 0 aliphatic heterocycles. The number of anilines is 2. The van der Waals surface area contributed by atoms with Gasteiger partial charge in [-0.1, -0.05) is 114 Å². The zero-order chi connectivity index (χ0) is 23.1. The number of aryl methyl sites for hydroxylation is 2. The van der Waals surface area contributed by atoms with Crippen molar-refractivity contribution >= 4 is 11.4 Å². The van der Waals surface area contributed by atoms with E-state index in [0.29, 0.717) is 0 Å². The van der Waals surface area contributed by atoms with Gasteiger partial charge in [-0.25, -0.2) is 0 Å².